The smallest absolute Gasteiger partial charge is 0.105 e. The van der Waals surface area contributed by atoms with Crippen molar-refractivity contribution in [1.29, 1.82) is 0 Å². The third kappa shape index (κ3) is 2.41. The van der Waals surface area contributed by atoms with E-state index in [2.05, 4.69) is 42.3 Å². The molecule has 0 bridgehead atoms. The molecular weight excluding hydrogens is 260 g/mol. The van der Waals surface area contributed by atoms with Gasteiger partial charge in [0, 0.05) is 18.7 Å². The summed E-state index contributed by atoms with van der Waals surface area (Å²) in [5.41, 5.74) is 10.3. The van der Waals surface area contributed by atoms with Crippen LogP contribution >= 0.6 is 0 Å². The molecule has 1 atom stereocenters. The number of furan rings is 1. The van der Waals surface area contributed by atoms with Crippen LogP contribution in [0.4, 0.5) is 0 Å². The van der Waals surface area contributed by atoms with E-state index in [4.69, 9.17) is 10.2 Å². The minimum absolute atomic E-state index is 0.0570. The third-order valence-electron chi connectivity index (χ3n) is 5.00. The van der Waals surface area contributed by atoms with E-state index >= 15 is 0 Å². The van der Waals surface area contributed by atoms with Crippen molar-refractivity contribution >= 4 is 0 Å². The lowest BCUT2D eigenvalue weighted by molar-refractivity contribution is 0.0954. The number of hydrogen-bond acceptors (Lipinski definition) is 3. The van der Waals surface area contributed by atoms with Gasteiger partial charge in [-0.05, 0) is 50.4 Å². The Morgan fingerprint density at radius 1 is 1.29 bits per heavy atom. The zero-order chi connectivity index (χ0) is 14.9. The fourth-order valence-electron chi connectivity index (χ4n) is 3.64. The second-order valence-corrected chi connectivity index (χ2v) is 6.10. The van der Waals surface area contributed by atoms with Crippen LogP contribution in [0.3, 0.4) is 0 Å². The fourth-order valence-corrected chi connectivity index (χ4v) is 3.64. The van der Waals surface area contributed by atoms with Crippen molar-refractivity contribution in [2.45, 2.75) is 38.3 Å². The van der Waals surface area contributed by atoms with E-state index in [0.29, 0.717) is 6.54 Å². The highest BCUT2D eigenvalue weighted by molar-refractivity contribution is 5.37. The maximum Gasteiger partial charge on any atom is 0.105 e. The summed E-state index contributed by atoms with van der Waals surface area (Å²) < 4.78 is 5.43. The van der Waals surface area contributed by atoms with Gasteiger partial charge in [-0.25, -0.2) is 0 Å². The molecule has 1 heterocycles. The van der Waals surface area contributed by atoms with Crippen LogP contribution in [-0.4, -0.2) is 18.5 Å². The first-order valence-electron chi connectivity index (χ1n) is 7.70. The topological polar surface area (TPSA) is 42.4 Å². The molecule has 21 heavy (non-hydrogen) atoms. The standard InChI is InChI=1S/C18H24N2O/c1-14-16(9-11-21-14)12-20(2)18(13-19)10-5-7-15-6-3-4-8-17(15)18/h3-4,6,8-9,11H,5,7,10,12-13,19H2,1-2H3. The molecule has 1 aliphatic rings. The molecule has 1 aromatic heterocycles. The van der Waals surface area contributed by atoms with E-state index < -0.39 is 0 Å². The van der Waals surface area contributed by atoms with Gasteiger partial charge in [-0.1, -0.05) is 24.3 Å². The van der Waals surface area contributed by atoms with Crippen LogP contribution < -0.4 is 5.73 Å². The number of rotatable bonds is 4. The molecule has 0 spiro atoms. The van der Waals surface area contributed by atoms with Crippen LogP contribution in [0.25, 0.3) is 0 Å². The van der Waals surface area contributed by atoms with Crippen molar-refractivity contribution < 1.29 is 4.42 Å². The minimum atomic E-state index is -0.0570. The molecule has 2 aromatic rings. The largest absolute Gasteiger partial charge is 0.469 e. The first kappa shape index (κ1) is 14.4. The number of benzene rings is 1. The Morgan fingerprint density at radius 3 is 2.81 bits per heavy atom. The number of likely N-dealkylation sites (N-methyl/N-ethyl adjacent to an activating group) is 1. The highest BCUT2D eigenvalue weighted by Crippen LogP contribution is 2.39. The molecule has 112 valence electrons. The first-order valence-corrected chi connectivity index (χ1v) is 7.70. The van der Waals surface area contributed by atoms with Crippen LogP contribution in [0.2, 0.25) is 0 Å². The molecule has 3 nitrogen and oxygen atoms in total. The molecule has 0 aliphatic heterocycles. The average Bonchev–Trinajstić information content (AvgIpc) is 2.91. The summed E-state index contributed by atoms with van der Waals surface area (Å²) in [5.74, 6) is 0.998. The normalized spacial score (nSPS) is 21.5. The molecule has 0 radical (unpaired) electrons. The van der Waals surface area contributed by atoms with Gasteiger partial charge in [0.05, 0.1) is 11.8 Å². The Kier molecular flexibility index (Phi) is 3.87. The quantitative estimate of drug-likeness (QED) is 0.937. The van der Waals surface area contributed by atoms with Gasteiger partial charge in [0.15, 0.2) is 0 Å². The molecule has 1 unspecified atom stereocenters. The molecule has 2 N–H and O–H groups in total. The zero-order valence-electron chi connectivity index (χ0n) is 12.9. The second kappa shape index (κ2) is 5.66. The summed E-state index contributed by atoms with van der Waals surface area (Å²) in [6, 6.07) is 10.8. The van der Waals surface area contributed by atoms with Gasteiger partial charge in [0.25, 0.3) is 0 Å². The van der Waals surface area contributed by atoms with Crippen LogP contribution in [0.15, 0.2) is 41.0 Å². The summed E-state index contributed by atoms with van der Waals surface area (Å²) in [5, 5.41) is 0. The Bertz CT molecular complexity index is 619. The van der Waals surface area contributed by atoms with Crippen molar-refractivity contribution in [3.05, 3.63) is 59.0 Å². The molecule has 0 fully saturated rings. The van der Waals surface area contributed by atoms with Gasteiger partial charge in [0.1, 0.15) is 5.76 Å². The van der Waals surface area contributed by atoms with Crippen molar-refractivity contribution in [2.75, 3.05) is 13.6 Å². The van der Waals surface area contributed by atoms with Crippen molar-refractivity contribution in [3.8, 4) is 0 Å². The first-order chi connectivity index (χ1) is 10.2. The van der Waals surface area contributed by atoms with Gasteiger partial charge >= 0.3 is 0 Å². The van der Waals surface area contributed by atoms with Gasteiger partial charge in [-0.2, -0.15) is 0 Å². The SMILES string of the molecule is Cc1occc1CN(C)C1(CN)CCCc2ccccc21. The highest BCUT2D eigenvalue weighted by Gasteiger charge is 2.38. The fraction of sp³-hybridized carbons (Fsp3) is 0.444. The van der Waals surface area contributed by atoms with E-state index in [9.17, 15) is 0 Å². The Labute approximate surface area is 126 Å². The Hall–Kier alpha value is -1.58. The van der Waals surface area contributed by atoms with Gasteiger partial charge in [-0.3, -0.25) is 4.90 Å². The maximum absolute atomic E-state index is 6.26. The molecule has 3 heteroatoms. The summed E-state index contributed by atoms with van der Waals surface area (Å²) in [4.78, 5) is 2.41. The summed E-state index contributed by atoms with van der Waals surface area (Å²) >= 11 is 0. The monoisotopic (exact) mass is 284 g/mol. The van der Waals surface area contributed by atoms with E-state index in [1.165, 1.54) is 23.1 Å². The van der Waals surface area contributed by atoms with Gasteiger partial charge in [-0.15, -0.1) is 0 Å². The van der Waals surface area contributed by atoms with E-state index in [1.807, 2.05) is 6.92 Å². The predicted octanol–water partition coefficient (Wildman–Crippen LogP) is 3.21. The molecule has 1 aromatic carbocycles. The second-order valence-electron chi connectivity index (χ2n) is 6.10. The van der Waals surface area contributed by atoms with Crippen molar-refractivity contribution in [2.24, 2.45) is 5.73 Å². The Morgan fingerprint density at radius 2 is 2.10 bits per heavy atom. The van der Waals surface area contributed by atoms with Crippen LogP contribution in [0.5, 0.6) is 0 Å². The van der Waals surface area contributed by atoms with Gasteiger partial charge in [0.2, 0.25) is 0 Å². The molecule has 3 rings (SSSR count). The summed E-state index contributed by atoms with van der Waals surface area (Å²) in [7, 11) is 2.18. The van der Waals surface area contributed by atoms with Crippen molar-refractivity contribution in [3.63, 3.8) is 0 Å². The number of fused-ring (bicyclic) bond motifs is 1. The maximum atomic E-state index is 6.26. The van der Waals surface area contributed by atoms with Gasteiger partial charge < -0.3 is 10.2 Å². The van der Waals surface area contributed by atoms with Crippen molar-refractivity contribution in [1.82, 2.24) is 4.90 Å². The molecule has 0 saturated carbocycles. The van der Waals surface area contributed by atoms with Crippen LogP contribution in [-0.2, 0) is 18.5 Å². The number of nitrogens with zero attached hydrogens (tertiary/aromatic N) is 1. The molecule has 0 amide bonds. The summed E-state index contributed by atoms with van der Waals surface area (Å²) in [6.07, 6.45) is 5.25. The average molecular weight is 284 g/mol. The van der Waals surface area contributed by atoms with E-state index in [-0.39, 0.29) is 5.54 Å². The van der Waals surface area contributed by atoms with E-state index in [1.54, 1.807) is 6.26 Å². The number of nitrogens with two attached hydrogens (primary N) is 1. The lowest BCUT2D eigenvalue weighted by Gasteiger charge is -2.45. The predicted molar refractivity (Wildman–Crippen MR) is 85.0 cm³/mol. The Balaban J connectivity index is 1.96. The molecular formula is C18H24N2O. The van der Waals surface area contributed by atoms with E-state index in [0.717, 1.165) is 25.1 Å². The third-order valence-corrected chi connectivity index (χ3v) is 5.00. The minimum Gasteiger partial charge on any atom is -0.469 e. The highest BCUT2D eigenvalue weighted by atomic mass is 16.3. The summed E-state index contributed by atoms with van der Waals surface area (Å²) in [6.45, 7) is 3.54. The molecule has 1 aliphatic carbocycles. The van der Waals surface area contributed by atoms with Crippen LogP contribution in [0.1, 0.15) is 35.3 Å². The number of aryl methyl sites for hydroxylation is 2. The lowest BCUT2D eigenvalue weighted by Crippen LogP contribution is -2.51. The van der Waals surface area contributed by atoms with Crippen LogP contribution in [0, 0.1) is 6.92 Å². The number of hydrogen-bond donors (Lipinski definition) is 1. The molecule has 0 saturated heterocycles. The zero-order valence-corrected chi connectivity index (χ0v) is 12.9. The lowest BCUT2D eigenvalue weighted by atomic mass is 9.75.